The van der Waals surface area contributed by atoms with E-state index in [1.54, 1.807) is 0 Å². The number of nitrogens with one attached hydrogen (secondary N) is 1. The lowest BCUT2D eigenvalue weighted by molar-refractivity contribution is 0.587. The van der Waals surface area contributed by atoms with Crippen molar-refractivity contribution >= 4 is 33.4 Å². The largest absolute Gasteiger partial charge is 0.369 e. The number of thioether (sulfide) groups is 1. The van der Waals surface area contributed by atoms with Gasteiger partial charge < -0.3 is 10.2 Å². The molecule has 112 valence electrons. The van der Waals surface area contributed by atoms with Gasteiger partial charge in [-0.3, -0.25) is 0 Å². The normalized spacial score (nSPS) is 19.6. The lowest BCUT2D eigenvalue weighted by Gasteiger charge is -2.35. The van der Waals surface area contributed by atoms with Crippen LogP contribution in [-0.2, 0) is 6.54 Å². The molecule has 2 rings (SSSR count). The van der Waals surface area contributed by atoms with Gasteiger partial charge in [-0.15, -0.1) is 0 Å². The van der Waals surface area contributed by atoms with Crippen LogP contribution < -0.4 is 10.2 Å². The van der Waals surface area contributed by atoms with Gasteiger partial charge in [-0.25, -0.2) is 0 Å². The van der Waals surface area contributed by atoms with E-state index in [2.05, 4.69) is 76.9 Å². The average molecular weight is 357 g/mol. The van der Waals surface area contributed by atoms with Crippen LogP contribution in [0.3, 0.4) is 0 Å². The second-order valence-electron chi connectivity index (χ2n) is 5.66. The van der Waals surface area contributed by atoms with Crippen molar-refractivity contribution < 1.29 is 0 Å². The number of hydrogen-bond acceptors (Lipinski definition) is 3. The van der Waals surface area contributed by atoms with Crippen molar-refractivity contribution in [3.63, 3.8) is 0 Å². The van der Waals surface area contributed by atoms with Crippen molar-refractivity contribution in [3.8, 4) is 0 Å². The van der Waals surface area contributed by atoms with Crippen LogP contribution in [0.1, 0.15) is 32.8 Å². The van der Waals surface area contributed by atoms with E-state index in [9.17, 15) is 0 Å². The molecule has 1 aromatic carbocycles. The van der Waals surface area contributed by atoms with Gasteiger partial charge >= 0.3 is 0 Å². The van der Waals surface area contributed by atoms with Gasteiger partial charge in [-0.1, -0.05) is 42.8 Å². The number of anilines is 1. The number of hydrogen-bond donors (Lipinski definition) is 1. The Morgan fingerprint density at radius 3 is 2.95 bits per heavy atom. The fraction of sp³-hybridized carbons (Fsp3) is 0.625. The van der Waals surface area contributed by atoms with Crippen LogP contribution in [0.25, 0.3) is 0 Å². The average Bonchev–Trinajstić information content (AvgIpc) is 2.46. The van der Waals surface area contributed by atoms with Gasteiger partial charge in [0.05, 0.1) is 0 Å². The molecule has 4 heteroatoms. The Balaban J connectivity index is 2.17. The monoisotopic (exact) mass is 356 g/mol. The van der Waals surface area contributed by atoms with Gasteiger partial charge in [-0.05, 0) is 24.1 Å². The summed E-state index contributed by atoms with van der Waals surface area (Å²) in [7, 11) is 0. The van der Waals surface area contributed by atoms with Crippen molar-refractivity contribution in [1.82, 2.24) is 5.32 Å². The van der Waals surface area contributed by atoms with E-state index in [0.29, 0.717) is 6.04 Å². The zero-order valence-corrected chi connectivity index (χ0v) is 15.1. The highest BCUT2D eigenvalue weighted by atomic mass is 79.9. The third-order valence-corrected chi connectivity index (χ3v) is 5.55. The third-order valence-electron chi connectivity index (χ3n) is 3.68. The fourth-order valence-corrected chi connectivity index (χ4v) is 4.01. The quantitative estimate of drug-likeness (QED) is 0.847. The maximum Gasteiger partial charge on any atom is 0.0423 e. The summed E-state index contributed by atoms with van der Waals surface area (Å²) < 4.78 is 1.17. The Hall–Kier alpha value is -0.190. The Labute approximate surface area is 135 Å². The standard InChI is InChI=1S/C16H25BrN2S/c1-4-15-11-19(7-8-20-15)16-9-14(17)6-5-13(16)10-18-12(2)3/h5-6,9,12,15,18H,4,7-8,10-11H2,1-3H3. The highest BCUT2D eigenvalue weighted by molar-refractivity contribution is 9.10. The Kier molecular flexibility index (Phi) is 6.24. The number of rotatable bonds is 5. The second kappa shape index (κ2) is 7.71. The summed E-state index contributed by atoms with van der Waals surface area (Å²) in [5.74, 6) is 1.24. The Morgan fingerprint density at radius 2 is 2.25 bits per heavy atom. The van der Waals surface area contributed by atoms with E-state index in [1.807, 2.05) is 0 Å². The summed E-state index contributed by atoms with van der Waals surface area (Å²) in [4.78, 5) is 2.56. The van der Waals surface area contributed by atoms with Crippen LogP contribution in [-0.4, -0.2) is 30.1 Å². The first-order chi connectivity index (χ1) is 9.60. The van der Waals surface area contributed by atoms with E-state index < -0.39 is 0 Å². The molecule has 20 heavy (non-hydrogen) atoms. The smallest absolute Gasteiger partial charge is 0.0423 e. The molecule has 1 heterocycles. The maximum absolute atomic E-state index is 3.62. The topological polar surface area (TPSA) is 15.3 Å². The molecule has 0 spiro atoms. The first-order valence-electron chi connectivity index (χ1n) is 7.48. The molecule has 1 aromatic rings. The van der Waals surface area contributed by atoms with Gasteiger partial charge in [0.25, 0.3) is 0 Å². The summed E-state index contributed by atoms with van der Waals surface area (Å²) >= 11 is 5.74. The molecule has 1 aliphatic heterocycles. The predicted molar refractivity (Wildman–Crippen MR) is 94.9 cm³/mol. The van der Waals surface area contributed by atoms with Crippen molar-refractivity contribution in [1.29, 1.82) is 0 Å². The van der Waals surface area contributed by atoms with E-state index in [-0.39, 0.29) is 0 Å². The molecule has 0 bridgehead atoms. The molecule has 1 unspecified atom stereocenters. The second-order valence-corrected chi connectivity index (χ2v) is 7.98. The Bertz CT molecular complexity index is 436. The minimum absolute atomic E-state index is 0.520. The molecular formula is C16H25BrN2S. The number of benzene rings is 1. The van der Waals surface area contributed by atoms with Crippen LogP contribution in [0.4, 0.5) is 5.69 Å². The van der Waals surface area contributed by atoms with Crippen LogP contribution in [0, 0.1) is 0 Å². The number of nitrogens with zero attached hydrogens (tertiary/aromatic N) is 1. The molecule has 0 saturated carbocycles. The van der Waals surface area contributed by atoms with Crippen molar-refractivity contribution in [3.05, 3.63) is 28.2 Å². The molecule has 1 aliphatic rings. The molecule has 1 N–H and O–H groups in total. The molecule has 1 fully saturated rings. The van der Waals surface area contributed by atoms with Crippen LogP contribution in [0.15, 0.2) is 22.7 Å². The van der Waals surface area contributed by atoms with Crippen LogP contribution in [0.2, 0.25) is 0 Å². The molecule has 0 radical (unpaired) electrons. The van der Waals surface area contributed by atoms with Crippen molar-refractivity contribution in [2.75, 3.05) is 23.7 Å². The summed E-state index contributed by atoms with van der Waals surface area (Å²) in [6.07, 6.45) is 1.26. The van der Waals surface area contributed by atoms with Crippen molar-refractivity contribution in [2.45, 2.75) is 45.0 Å². The first kappa shape index (κ1) is 16.2. The molecule has 0 aliphatic carbocycles. The van der Waals surface area contributed by atoms with E-state index in [4.69, 9.17) is 0 Å². The summed E-state index contributed by atoms with van der Waals surface area (Å²) in [6, 6.07) is 7.20. The van der Waals surface area contributed by atoms with Gasteiger partial charge in [0, 0.05) is 46.8 Å². The highest BCUT2D eigenvalue weighted by Gasteiger charge is 2.21. The lowest BCUT2D eigenvalue weighted by atomic mass is 10.1. The lowest BCUT2D eigenvalue weighted by Crippen LogP contribution is -2.38. The first-order valence-corrected chi connectivity index (χ1v) is 9.32. The molecule has 2 nitrogen and oxygen atoms in total. The minimum atomic E-state index is 0.520. The SMILES string of the molecule is CCC1CN(c2cc(Br)ccc2CNC(C)C)CCS1. The van der Waals surface area contributed by atoms with E-state index >= 15 is 0 Å². The molecular weight excluding hydrogens is 332 g/mol. The minimum Gasteiger partial charge on any atom is -0.369 e. The zero-order chi connectivity index (χ0) is 14.5. The zero-order valence-electron chi connectivity index (χ0n) is 12.7. The van der Waals surface area contributed by atoms with Crippen LogP contribution in [0.5, 0.6) is 0 Å². The van der Waals surface area contributed by atoms with Gasteiger partial charge in [0.1, 0.15) is 0 Å². The molecule has 0 aromatic heterocycles. The molecule has 1 atom stereocenters. The van der Waals surface area contributed by atoms with Crippen LogP contribution >= 0.6 is 27.7 Å². The predicted octanol–water partition coefficient (Wildman–Crippen LogP) is 4.28. The van der Waals surface area contributed by atoms with Gasteiger partial charge in [0.15, 0.2) is 0 Å². The summed E-state index contributed by atoms with van der Waals surface area (Å²) in [5.41, 5.74) is 2.80. The summed E-state index contributed by atoms with van der Waals surface area (Å²) in [5, 5.41) is 4.31. The molecule has 1 saturated heterocycles. The highest BCUT2D eigenvalue weighted by Crippen LogP contribution is 2.30. The van der Waals surface area contributed by atoms with Gasteiger partial charge in [-0.2, -0.15) is 11.8 Å². The Morgan fingerprint density at radius 1 is 1.45 bits per heavy atom. The van der Waals surface area contributed by atoms with E-state index in [1.165, 1.54) is 34.4 Å². The number of halogens is 1. The maximum atomic E-state index is 3.62. The molecule has 0 amide bonds. The third kappa shape index (κ3) is 4.40. The van der Waals surface area contributed by atoms with E-state index in [0.717, 1.165) is 18.3 Å². The van der Waals surface area contributed by atoms with Crippen molar-refractivity contribution in [2.24, 2.45) is 0 Å². The summed E-state index contributed by atoms with van der Waals surface area (Å²) in [6.45, 7) is 9.97. The fourth-order valence-electron chi connectivity index (χ4n) is 2.48. The van der Waals surface area contributed by atoms with Gasteiger partial charge in [0.2, 0.25) is 0 Å².